The van der Waals surface area contributed by atoms with Gasteiger partial charge in [-0.1, -0.05) is 49.6 Å². The Morgan fingerprint density at radius 1 is 1.05 bits per heavy atom. The third-order valence-corrected chi connectivity index (χ3v) is 4.79. The Morgan fingerprint density at radius 3 is 2.67 bits per heavy atom. The maximum Gasteiger partial charge on any atom is 0.258 e. The van der Waals surface area contributed by atoms with E-state index in [0.29, 0.717) is 6.54 Å². The summed E-state index contributed by atoms with van der Waals surface area (Å²) in [7, 11) is 0. The number of benzene rings is 2. The molecule has 0 unspecified atom stereocenters. The van der Waals surface area contributed by atoms with Gasteiger partial charge in [0.05, 0.1) is 6.54 Å². The molecule has 1 aliphatic carbocycles. The minimum absolute atomic E-state index is 0.131. The SMILES string of the molecule is O=C1c2ccccc2CN1c1cccc(CC2CCC2)c1. The fraction of sp³-hybridized carbons (Fsp3) is 0.316. The molecule has 21 heavy (non-hydrogen) atoms. The van der Waals surface area contributed by atoms with Crippen LogP contribution in [0.15, 0.2) is 48.5 Å². The summed E-state index contributed by atoms with van der Waals surface area (Å²) in [5.41, 5.74) is 4.38. The average Bonchev–Trinajstić information content (AvgIpc) is 2.81. The van der Waals surface area contributed by atoms with Gasteiger partial charge in [-0.2, -0.15) is 0 Å². The largest absolute Gasteiger partial charge is 0.304 e. The summed E-state index contributed by atoms with van der Waals surface area (Å²) in [6.45, 7) is 0.696. The van der Waals surface area contributed by atoms with Gasteiger partial charge in [-0.05, 0) is 41.7 Å². The lowest BCUT2D eigenvalue weighted by Gasteiger charge is -2.26. The number of fused-ring (bicyclic) bond motifs is 1. The fourth-order valence-corrected chi connectivity index (χ4v) is 3.34. The van der Waals surface area contributed by atoms with E-state index in [4.69, 9.17) is 0 Å². The van der Waals surface area contributed by atoms with Crippen LogP contribution < -0.4 is 4.90 Å². The first kappa shape index (κ1) is 12.6. The molecule has 0 radical (unpaired) electrons. The monoisotopic (exact) mass is 277 g/mol. The van der Waals surface area contributed by atoms with Crippen LogP contribution >= 0.6 is 0 Å². The molecule has 106 valence electrons. The molecule has 0 atom stereocenters. The van der Waals surface area contributed by atoms with Crippen molar-refractivity contribution >= 4 is 11.6 Å². The van der Waals surface area contributed by atoms with Crippen molar-refractivity contribution < 1.29 is 4.79 Å². The number of anilines is 1. The molecule has 2 heteroatoms. The molecule has 0 aromatic heterocycles. The van der Waals surface area contributed by atoms with E-state index in [-0.39, 0.29) is 5.91 Å². The average molecular weight is 277 g/mol. The lowest BCUT2D eigenvalue weighted by molar-refractivity contribution is 0.0996. The fourth-order valence-electron chi connectivity index (χ4n) is 3.34. The van der Waals surface area contributed by atoms with Crippen molar-refractivity contribution in [1.29, 1.82) is 0 Å². The molecular formula is C19H19NO. The molecule has 2 aliphatic rings. The number of amides is 1. The first-order chi connectivity index (χ1) is 10.3. The van der Waals surface area contributed by atoms with E-state index in [1.165, 1.54) is 24.8 Å². The van der Waals surface area contributed by atoms with Crippen LogP contribution in [0.2, 0.25) is 0 Å². The number of carbonyl (C=O) groups excluding carboxylic acids is 1. The van der Waals surface area contributed by atoms with Crippen LogP contribution in [0, 0.1) is 5.92 Å². The molecule has 1 amide bonds. The van der Waals surface area contributed by atoms with Gasteiger partial charge in [0, 0.05) is 11.3 Å². The van der Waals surface area contributed by atoms with E-state index in [1.807, 2.05) is 35.2 Å². The summed E-state index contributed by atoms with van der Waals surface area (Å²) in [5, 5.41) is 0. The third-order valence-electron chi connectivity index (χ3n) is 4.79. The Morgan fingerprint density at radius 2 is 1.90 bits per heavy atom. The quantitative estimate of drug-likeness (QED) is 0.823. The van der Waals surface area contributed by atoms with Gasteiger partial charge in [-0.15, -0.1) is 0 Å². The van der Waals surface area contributed by atoms with Crippen LogP contribution in [0.5, 0.6) is 0 Å². The Bertz CT molecular complexity index is 687. The lowest BCUT2D eigenvalue weighted by atomic mass is 9.81. The van der Waals surface area contributed by atoms with Gasteiger partial charge in [0.25, 0.3) is 5.91 Å². The molecule has 0 bridgehead atoms. The highest BCUT2D eigenvalue weighted by atomic mass is 16.2. The lowest BCUT2D eigenvalue weighted by Crippen LogP contribution is -2.23. The topological polar surface area (TPSA) is 20.3 Å². The Labute approximate surface area is 125 Å². The summed E-state index contributed by atoms with van der Waals surface area (Å²) in [4.78, 5) is 14.4. The number of nitrogens with zero attached hydrogens (tertiary/aromatic N) is 1. The summed E-state index contributed by atoms with van der Waals surface area (Å²) in [6.07, 6.45) is 5.25. The molecule has 0 spiro atoms. The van der Waals surface area contributed by atoms with Gasteiger partial charge < -0.3 is 4.90 Å². The second kappa shape index (κ2) is 5.03. The molecule has 0 saturated heterocycles. The van der Waals surface area contributed by atoms with E-state index in [2.05, 4.69) is 18.2 Å². The Balaban J connectivity index is 1.59. The van der Waals surface area contributed by atoms with Gasteiger partial charge in [0.15, 0.2) is 0 Å². The zero-order valence-electron chi connectivity index (χ0n) is 12.1. The Kier molecular flexibility index (Phi) is 3.03. The summed E-state index contributed by atoms with van der Waals surface area (Å²) < 4.78 is 0. The van der Waals surface area contributed by atoms with Crippen LogP contribution in [0.4, 0.5) is 5.69 Å². The van der Waals surface area contributed by atoms with E-state index < -0.39 is 0 Å². The molecule has 2 aromatic rings. The summed E-state index contributed by atoms with van der Waals surface area (Å²) in [6, 6.07) is 16.4. The molecular weight excluding hydrogens is 258 g/mol. The summed E-state index contributed by atoms with van der Waals surface area (Å²) in [5.74, 6) is 0.984. The van der Waals surface area contributed by atoms with Gasteiger partial charge in [0.2, 0.25) is 0 Å². The molecule has 0 N–H and O–H groups in total. The van der Waals surface area contributed by atoms with Crippen LogP contribution in [0.3, 0.4) is 0 Å². The maximum atomic E-state index is 12.5. The highest BCUT2D eigenvalue weighted by molar-refractivity contribution is 6.09. The van der Waals surface area contributed by atoms with Crippen LogP contribution in [0.25, 0.3) is 0 Å². The van der Waals surface area contributed by atoms with Crippen molar-refractivity contribution in [3.05, 3.63) is 65.2 Å². The van der Waals surface area contributed by atoms with Crippen LogP contribution in [-0.4, -0.2) is 5.91 Å². The number of carbonyl (C=O) groups is 1. The molecule has 4 rings (SSSR count). The van der Waals surface area contributed by atoms with E-state index in [1.54, 1.807) is 0 Å². The van der Waals surface area contributed by atoms with Gasteiger partial charge >= 0.3 is 0 Å². The third kappa shape index (κ3) is 2.25. The van der Waals surface area contributed by atoms with Crippen LogP contribution in [0.1, 0.15) is 40.7 Å². The van der Waals surface area contributed by atoms with Gasteiger partial charge in [-0.3, -0.25) is 4.79 Å². The number of rotatable bonds is 3. The minimum atomic E-state index is 0.131. The van der Waals surface area contributed by atoms with Crippen molar-refractivity contribution in [1.82, 2.24) is 0 Å². The normalized spacial score (nSPS) is 17.7. The van der Waals surface area contributed by atoms with Crippen molar-refractivity contribution in [3.8, 4) is 0 Å². The van der Waals surface area contributed by atoms with Gasteiger partial charge in [-0.25, -0.2) is 0 Å². The predicted molar refractivity (Wildman–Crippen MR) is 84.4 cm³/mol. The smallest absolute Gasteiger partial charge is 0.258 e. The zero-order chi connectivity index (χ0) is 14.2. The molecule has 1 aliphatic heterocycles. The maximum absolute atomic E-state index is 12.5. The molecule has 1 saturated carbocycles. The van der Waals surface area contributed by atoms with E-state index in [0.717, 1.165) is 29.2 Å². The first-order valence-corrected chi connectivity index (χ1v) is 7.80. The second-order valence-electron chi connectivity index (χ2n) is 6.22. The van der Waals surface area contributed by atoms with Crippen LogP contribution in [-0.2, 0) is 13.0 Å². The number of hydrogen-bond acceptors (Lipinski definition) is 1. The second-order valence-corrected chi connectivity index (χ2v) is 6.22. The van der Waals surface area contributed by atoms with Crippen molar-refractivity contribution in [2.45, 2.75) is 32.2 Å². The highest BCUT2D eigenvalue weighted by Crippen LogP contribution is 2.32. The Hall–Kier alpha value is -2.09. The molecule has 1 heterocycles. The number of hydrogen-bond donors (Lipinski definition) is 0. The molecule has 1 fully saturated rings. The van der Waals surface area contributed by atoms with Gasteiger partial charge in [0.1, 0.15) is 0 Å². The van der Waals surface area contributed by atoms with Crippen molar-refractivity contribution in [3.63, 3.8) is 0 Å². The standard InChI is InChI=1S/C19H19NO/c21-19-18-10-2-1-8-16(18)13-20(19)17-9-4-7-15(12-17)11-14-5-3-6-14/h1-2,4,7-10,12,14H,3,5-6,11,13H2. The summed E-state index contributed by atoms with van der Waals surface area (Å²) >= 11 is 0. The highest BCUT2D eigenvalue weighted by Gasteiger charge is 2.28. The first-order valence-electron chi connectivity index (χ1n) is 7.80. The minimum Gasteiger partial charge on any atom is -0.304 e. The predicted octanol–water partition coefficient (Wildman–Crippen LogP) is 4.19. The van der Waals surface area contributed by atoms with E-state index >= 15 is 0 Å². The molecule has 2 nitrogen and oxygen atoms in total. The molecule has 2 aromatic carbocycles. The zero-order valence-corrected chi connectivity index (χ0v) is 12.1. The van der Waals surface area contributed by atoms with E-state index in [9.17, 15) is 4.79 Å². The van der Waals surface area contributed by atoms with Crippen molar-refractivity contribution in [2.75, 3.05) is 4.90 Å². The van der Waals surface area contributed by atoms with Crippen molar-refractivity contribution in [2.24, 2.45) is 5.92 Å².